The Morgan fingerprint density at radius 2 is 2.20 bits per heavy atom. The summed E-state index contributed by atoms with van der Waals surface area (Å²) in [7, 11) is 0. The summed E-state index contributed by atoms with van der Waals surface area (Å²) >= 11 is 0. The van der Waals surface area contributed by atoms with Gasteiger partial charge in [-0.3, -0.25) is 9.59 Å². The van der Waals surface area contributed by atoms with E-state index < -0.39 is 11.9 Å². The van der Waals surface area contributed by atoms with Crippen LogP contribution in [0.3, 0.4) is 0 Å². The van der Waals surface area contributed by atoms with E-state index in [9.17, 15) is 9.59 Å². The molecule has 15 heavy (non-hydrogen) atoms. The van der Waals surface area contributed by atoms with Crippen molar-refractivity contribution < 1.29 is 19.1 Å². The maximum atomic E-state index is 11.5. The fourth-order valence-electron chi connectivity index (χ4n) is 1.21. The number of amides is 1. The third kappa shape index (κ3) is 2.83. The Hall–Kier alpha value is -1.78. The first-order chi connectivity index (χ1) is 7.02. The normalized spacial score (nSPS) is 10.3. The lowest BCUT2D eigenvalue weighted by atomic mass is 10.1. The van der Waals surface area contributed by atoms with Gasteiger partial charge in [-0.2, -0.15) is 0 Å². The molecular formula is C10H13NO4. The van der Waals surface area contributed by atoms with Gasteiger partial charge in [-0.05, 0) is 6.07 Å². The summed E-state index contributed by atoms with van der Waals surface area (Å²) in [5.74, 6) is -0.837. The minimum Gasteiger partial charge on any atom is -0.480 e. The number of hydrogen-bond acceptors (Lipinski definition) is 3. The van der Waals surface area contributed by atoms with Crippen LogP contribution in [0.4, 0.5) is 0 Å². The van der Waals surface area contributed by atoms with Crippen molar-refractivity contribution in [2.75, 3.05) is 6.54 Å². The van der Waals surface area contributed by atoms with Gasteiger partial charge < -0.3 is 14.8 Å². The molecule has 5 nitrogen and oxygen atoms in total. The van der Waals surface area contributed by atoms with Gasteiger partial charge in [0.2, 0.25) is 0 Å². The molecule has 1 aromatic heterocycles. The van der Waals surface area contributed by atoms with E-state index in [1.165, 1.54) is 12.3 Å². The molecule has 1 aromatic rings. The molecule has 0 saturated carbocycles. The van der Waals surface area contributed by atoms with Crippen LogP contribution in [0.15, 0.2) is 16.7 Å². The molecule has 1 heterocycles. The molecule has 1 amide bonds. The van der Waals surface area contributed by atoms with Crippen molar-refractivity contribution in [3.63, 3.8) is 0 Å². The highest BCUT2D eigenvalue weighted by atomic mass is 16.4. The van der Waals surface area contributed by atoms with E-state index in [-0.39, 0.29) is 12.5 Å². The molecule has 82 valence electrons. The number of rotatable bonds is 4. The van der Waals surface area contributed by atoms with Crippen LogP contribution >= 0.6 is 0 Å². The number of nitrogens with one attached hydrogen (secondary N) is 1. The predicted octanol–water partition coefficient (Wildman–Crippen LogP) is 1.22. The molecule has 0 bridgehead atoms. The van der Waals surface area contributed by atoms with Gasteiger partial charge in [0.25, 0.3) is 5.91 Å². The largest absolute Gasteiger partial charge is 0.480 e. The summed E-state index contributed by atoms with van der Waals surface area (Å²) in [4.78, 5) is 21.8. The fraction of sp³-hybridized carbons (Fsp3) is 0.400. The van der Waals surface area contributed by atoms with Gasteiger partial charge >= 0.3 is 5.97 Å². The Bertz CT molecular complexity index is 367. The van der Waals surface area contributed by atoms with Crippen molar-refractivity contribution in [1.29, 1.82) is 0 Å². The first-order valence-electron chi connectivity index (χ1n) is 4.59. The average molecular weight is 211 g/mol. The lowest BCUT2D eigenvalue weighted by molar-refractivity contribution is -0.135. The highest BCUT2D eigenvalue weighted by Gasteiger charge is 2.17. The third-order valence-electron chi connectivity index (χ3n) is 1.86. The highest BCUT2D eigenvalue weighted by Crippen LogP contribution is 2.20. The Labute approximate surface area is 87.1 Å². The van der Waals surface area contributed by atoms with Crippen molar-refractivity contribution in [2.45, 2.75) is 19.8 Å². The van der Waals surface area contributed by atoms with Crippen LogP contribution in [0.1, 0.15) is 35.9 Å². The lowest BCUT2D eigenvalue weighted by Gasteiger charge is -2.05. The summed E-state index contributed by atoms with van der Waals surface area (Å²) in [5, 5.41) is 10.7. The number of carbonyl (C=O) groups excluding carboxylic acids is 1. The number of carbonyl (C=O) groups is 2. The van der Waals surface area contributed by atoms with Crippen molar-refractivity contribution >= 4 is 11.9 Å². The topological polar surface area (TPSA) is 79.5 Å². The van der Waals surface area contributed by atoms with E-state index in [4.69, 9.17) is 9.52 Å². The van der Waals surface area contributed by atoms with Gasteiger partial charge in [0.05, 0.1) is 11.8 Å². The van der Waals surface area contributed by atoms with E-state index in [1.807, 2.05) is 13.8 Å². The van der Waals surface area contributed by atoms with Crippen LogP contribution in [-0.4, -0.2) is 23.5 Å². The van der Waals surface area contributed by atoms with Crippen LogP contribution in [0, 0.1) is 0 Å². The maximum absolute atomic E-state index is 11.5. The second-order valence-corrected chi connectivity index (χ2v) is 3.43. The minimum atomic E-state index is -1.07. The lowest BCUT2D eigenvalue weighted by Crippen LogP contribution is -2.29. The summed E-state index contributed by atoms with van der Waals surface area (Å²) in [5.41, 5.74) is 0.395. The van der Waals surface area contributed by atoms with Gasteiger partial charge in [0.15, 0.2) is 0 Å². The monoisotopic (exact) mass is 211 g/mol. The van der Waals surface area contributed by atoms with Crippen LogP contribution in [0.2, 0.25) is 0 Å². The molecule has 0 atom stereocenters. The molecule has 0 spiro atoms. The quantitative estimate of drug-likeness (QED) is 0.784. The number of carboxylic acids is 1. The first-order valence-corrected chi connectivity index (χ1v) is 4.59. The molecular weight excluding hydrogens is 198 g/mol. The summed E-state index contributed by atoms with van der Waals surface area (Å²) in [6.07, 6.45) is 1.42. The Balaban J connectivity index is 2.73. The zero-order chi connectivity index (χ0) is 11.4. The van der Waals surface area contributed by atoms with Gasteiger partial charge in [-0.15, -0.1) is 0 Å². The number of aliphatic carboxylic acids is 1. The Kier molecular flexibility index (Phi) is 3.49. The molecule has 2 N–H and O–H groups in total. The van der Waals surface area contributed by atoms with Crippen LogP contribution in [0.5, 0.6) is 0 Å². The first kappa shape index (κ1) is 11.3. The molecule has 0 aromatic carbocycles. The smallest absolute Gasteiger partial charge is 0.322 e. The molecule has 0 fully saturated rings. The molecule has 0 saturated heterocycles. The summed E-state index contributed by atoms with van der Waals surface area (Å²) in [6.45, 7) is 3.40. The minimum absolute atomic E-state index is 0.0885. The zero-order valence-electron chi connectivity index (χ0n) is 8.61. The van der Waals surface area contributed by atoms with E-state index in [0.29, 0.717) is 11.3 Å². The fourth-order valence-corrected chi connectivity index (χ4v) is 1.21. The van der Waals surface area contributed by atoms with Gasteiger partial charge in [-0.25, -0.2) is 0 Å². The SMILES string of the molecule is CC(C)c1occc1C(=O)NCC(=O)O. The van der Waals surface area contributed by atoms with Crippen LogP contribution in [0.25, 0.3) is 0 Å². The van der Waals surface area contributed by atoms with Crippen LogP contribution < -0.4 is 5.32 Å². The molecule has 0 aliphatic rings. The van der Waals surface area contributed by atoms with Crippen LogP contribution in [-0.2, 0) is 4.79 Å². The molecule has 0 aliphatic heterocycles. The van der Waals surface area contributed by atoms with Crippen molar-refractivity contribution in [2.24, 2.45) is 0 Å². The molecule has 0 radical (unpaired) electrons. The molecule has 5 heteroatoms. The zero-order valence-corrected chi connectivity index (χ0v) is 8.61. The molecule has 1 rings (SSSR count). The number of furan rings is 1. The Morgan fingerprint density at radius 1 is 1.53 bits per heavy atom. The average Bonchev–Trinajstić information content (AvgIpc) is 2.62. The highest BCUT2D eigenvalue weighted by molar-refractivity contribution is 5.96. The number of hydrogen-bond donors (Lipinski definition) is 2. The van der Waals surface area contributed by atoms with E-state index in [2.05, 4.69) is 5.32 Å². The number of carboxylic acid groups (broad SMARTS) is 1. The molecule has 0 aliphatic carbocycles. The van der Waals surface area contributed by atoms with E-state index >= 15 is 0 Å². The summed E-state index contributed by atoms with van der Waals surface area (Å²) in [6, 6.07) is 1.53. The summed E-state index contributed by atoms with van der Waals surface area (Å²) < 4.78 is 5.15. The predicted molar refractivity (Wildman–Crippen MR) is 52.8 cm³/mol. The van der Waals surface area contributed by atoms with E-state index in [1.54, 1.807) is 0 Å². The van der Waals surface area contributed by atoms with E-state index in [0.717, 1.165) is 0 Å². The maximum Gasteiger partial charge on any atom is 0.322 e. The second-order valence-electron chi connectivity index (χ2n) is 3.43. The standard InChI is InChI=1S/C10H13NO4/c1-6(2)9-7(3-4-15-9)10(14)11-5-8(12)13/h3-4,6H,5H2,1-2H3,(H,11,14)(H,12,13). The third-order valence-corrected chi connectivity index (χ3v) is 1.86. The van der Waals surface area contributed by atoms with Gasteiger partial charge in [0.1, 0.15) is 12.3 Å². The van der Waals surface area contributed by atoms with Crippen molar-refractivity contribution in [3.8, 4) is 0 Å². The van der Waals surface area contributed by atoms with Crippen molar-refractivity contribution in [1.82, 2.24) is 5.32 Å². The Morgan fingerprint density at radius 3 is 2.73 bits per heavy atom. The van der Waals surface area contributed by atoms with Crippen molar-refractivity contribution in [3.05, 3.63) is 23.7 Å². The van der Waals surface area contributed by atoms with Gasteiger partial charge in [0, 0.05) is 5.92 Å². The second kappa shape index (κ2) is 4.63. The van der Waals surface area contributed by atoms with Gasteiger partial charge in [-0.1, -0.05) is 13.8 Å². The molecule has 0 unspecified atom stereocenters.